The Hall–Kier alpha value is -4.50. The number of pyridine rings is 1. The van der Waals surface area contributed by atoms with Gasteiger partial charge >= 0.3 is 0 Å². The summed E-state index contributed by atoms with van der Waals surface area (Å²) in [5, 5.41) is 3.30. The molecule has 1 saturated heterocycles. The van der Waals surface area contributed by atoms with Crippen LogP contribution in [0, 0.1) is 0 Å². The zero-order valence-corrected chi connectivity index (χ0v) is 19.7. The van der Waals surface area contributed by atoms with Crippen LogP contribution >= 0.6 is 0 Å². The number of fused-ring (bicyclic) bond motifs is 1. The zero-order chi connectivity index (χ0) is 24.5. The average molecular weight is 478 g/mol. The van der Waals surface area contributed by atoms with E-state index in [1.54, 1.807) is 6.33 Å². The molecule has 9 heteroatoms. The summed E-state index contributed by atoms with van der Waals surface area (Å²) in [7, 11) is 0. The van der Waals surface area contributed by atoms with Gasteiger partial charge in [0.15, 0.2) is 5.65 Å². The smallest absolute Gasteiger partial charge is 0.230 e. The van der Waals surface area contributed by atoms with Crippen LogP contribution in [0.5, 0.6) is 0 Å². The highest BCUT2D eigenvalue weighted by molar-refractivity contribution is 5.90. The van der Waals surface area contributed by atoms with E-state index < -0.39 is 0 Å². The van der Waals surface area contributed by atoms with Gasteiger partial charge in [-0.25, -0.2) is 15.0 Å². The van der Waals surface area contributed by atoms with Crippen molar-refractivity contribution in [2.24, 2.45) is 5.73 Å². The molecule has 6 rings (SSSR count). The molecule has 3 aromatic heterocycles. The van der Waals surface area contributed by atoms with Gasteiger partial charge < -0.3 is 26.7 Å². The Bertz CT molecular complexity index is 1490. The Kier molecular flexibility index (Phi) is 5.67. The lowest BCUT2D eigenvalue weighted by Gasteiger charge is -2.31. The Morgan fingerprint density at radius 2 is 1.72 bits per heavy atom. The maximum absolute atomic E-state index is 6.54. The molecule has 0 amide bonds. The van der Waals surface area contributed by atoms with Crippen LogP contribution in [0.1, 0.15) is 12.8 Å². The van der Waals surface area contributed by atoms with Crippen molar-refractivity contribution in [1.29, 1.82) is 0 Å². The van der Waals surface area contributed by atoms with Crippen LogP contribution in [0.4, 0.5) is 23.1 Å². The number of H-pyrrole nitrogens is 1. The number of hydrogen-bond donors (Lipinski definition) is 4. The quantitative estimate of drug-likeness (QED) is 0.275. The van der Waals surface area contributed by atoms with Gasteiger partial charge in [-0.2, -0.15) is 4.98 Å². The summed E-state index contributed by atoms with van der Waals surface area (Å²) in [6.45, 7) is 1.84. The van der Waals surface area contributed by atoms with Crippen molar-refractivity contribution in [3.8, 4) is 22.4 Å². The molecule has 0 radical (unpaired) electrons. The third-order valence-electron chi connectivity index (χ3n) is 6.61. The lowest BCUT2D eigenvalue weighted by atomic mass is 10.0. The third-order valence-corrected chi connectivity index (χ3v) is 6.61. The minimum atomic E-state index is 0.281. The molecule has 0 unspecified atom stereocenters. The van der Waals surface area contributed by atoms with Crippen LogP contribution in [-0.4, -0.2) is 44.1 Å². The Morgan fingerprint density at radius 3 is 2.50 bits per heavy atom. The van der Waals surface area contributed by atoms with E-state index in [2.05, 4.69) is 25.2 Å². The molecule has 1 aliphatic heterocycles. The first kappa shape index (κ1) is 22.0. The SMILES string of the molecule is Nc1c(Nc2nc(-c3ccc(N4CCC(N)CC4)nc3)c3[nH]cnc3n2)cccc1-c1ccccc1. The van der Waals surface area contributed by atoms with E-state index in [-0.39, 0.29) is 6.04 Å². The first-order valence-electron chi connectivity index (χ1n) is 12.0. The van der Waals surface area contributed by atoms with Crippen molar-refractivity contribution in [2.45, 2.75) is 18.9 Å². The highest BCUT2D eigenvalue weighted by Gasteiger charge is 2.18. The molecule has 36 heavy (non-hydrogen) atoms. The molecule has 1 fully saturated rings. The summed E-state index contributed by atoms with van der Waals surface area (Å²) in [6, 6.07) is 20.3. The number of aromatic nitrogens is 5. The summed E-state index contributed by atoms with van der Waals surface area (Å²) in [5.74, 6) is 1.36. The van der Waals surface area contributed by atoms with E-state index in [4.69, 9.17) is 21.4 Å². The van der Waals surface area contributed by atoms with Gasteiger partial charge in [-0.3, -0.25) is 0 Å². The Balaban J connectivity index is 1.32. The first-order valence-corrected chi connectivity index (χ1v) is 12.0. The van der Waals surface area contributed by atoms with Crippen LogP contribution in [-0.2, 0) is 0 Å². The van der Waals surface area contributed by atoms with Crippen LogP contribution in [0.3, 0.4) is 0 Å². The van der Waals surface area contributed by atoms with Crippen molar-refractivity contribution in [2.75, 3.05) is 29.0 Å². The number of rotatable bonds is 5. The molecular formula is C27H27N9. The molecule has 6 N–H and O–H groups in total. The Morgan fingerprint density at radius 1 is 0.889 bits per heavy atom. The number of aromatic amines is 1. The van der Waals surface area contributed by atoms with Gasteiger partial charge in [0.05, 0.1) is 17.7 Å². The molecule has 4 heterocycles. The standard InChI is InChI=1S/C27H27N9/c28-19-11-13-36(14-12-19)22-10-9-18(15-30-22)24-25-26(32-16-31-25)35-27(34-24)33-21-8-4-7-20(23(21)29)17-5-2-1-3-6-17/h1-10,15-16,19H,11-14,28-29H2,(H2,31,32,33,34,35). The first-order chi connectivity index (χ1) is 17.7. The van der Waals surface area contributed by atoms with Crippen molar-refractivity contribution < 1.29 is 0 Å². The normalized spacial score (nSPS) is 14.3. The number of nitrogen functional groups attached to an aromatic ring is 1. The van der Waals surface area contributed by atoms with E-state index in [1.807, 2.05) is 66.9 Å². The minimum absolute atomic E-state index is 0.281. The predicted octanol–water partition coefficient (Wildman–Crippen LogP) is 4.34. The number of piperidine rings is 1. The summed E-state index contributed by atoms with van der Waals surface area (Å²) >= 11 is 0. The molecule has 0 atom stereocenters. The predicted molar refractivity (Wildman–Crippen MR) is 144 cm³/mol. The summed E-state index contributed by atoms with van der Waals surface area (Å²) in [6.07, 6.45) is 5.43. The van der Waals surface area contributed by atoms with E-state index in [9.17, 15) is 0 Å². The minimum Gasteiger partial charge on any atom is -0.397 e. The second-order valence-corrected chi connectivity index (χ2v) is 8.98. The van der Waals surface area contributed by atoms with E-state index in [0.717, 1.165) is 65.3 Å². The van der Waals surface area contributed by atoms with E-state index in [0.29, 0.717) is 17.3 Å². The number of hydrogen-bond acceptors (Lipinski definition) is 8. The van der Waals surface area contributed by atoms with E-state index >= 15 is 0 Å². The van der Waals surface area contributed by atoms with Gasteiger partial charge in [0.25, 0.3) is 0 Å². The summed E-state index contributed by atoms with van der Waals surface area (Å²) < 4.78 is 0. The van der Waals surface area contributed by atoms with Gasteiger partial charge in [0.1, 0.15) is 17.0 Å². The molecule has 0 saturated carbocycles. The molecule has 0 bridgehead atoms. The van der Waals surface area contributed by atoms with Crippen LogP contribution in [0.2, 0.25) is 0 Å². The van der Waals surface area contributed by atoms with Crippen LogP contribution in [0.15, 0.2) is 73.2 Å². The lowest BCUT2D eigenvalue weighted by molar-refractivity contribution is 0.498. The number of nitrogens with zero attached hydrogens (tertiary/aromatic N) is 5. The molecule has 1 aliphatic rings. The van der Waals surface area contributed by atoms with Gasteiger partial charge in [-0.15, -0.1) is 0 Å². The second-order valence-electron chi connectivity index (χ2n) is 8.98. The molecule has 180 valence electrons. The summed E-state index contributed by atoms with van der Waals surface area (Å²) in [4.78, 5) is 23.9. The number of anilines is 4. The third kappa shape index (κ3) is 4.20. The molecule has 9 nitrogen and oxygen atoms in total. The van der Waals surface area contributed by atoms with Gasteiger partial charge in [0, 0.05) is 36.5 Å². The van der Waals surface area contributed by atoms with Crippen LogP contribution in [0.25, 0.3) is 33.5 Å². The molecule has 5 aromatic rings. The fourth-order valence-corrected chi connectivity index (χ4v) is 4.60. The monoisotopic (exact) mass is 477 g/mol. The molecule has 0 spiro atoms. The second kappa shape index (κ2) is 9.27. The van der Waals surface area contributed by atoms with Gasteiger partial charge in [-0.05, 0) is 36.6 Å². The van der Waals surface area contributed by atoms with Crippen molar-refractivity contribution in [1.82, 2.24) is 24.9 Å². The number of nitrogens with one attached hydrogen (secondary N) is 2. The largest absolute Gasteiger partial charge is 0.397 e. The van der Waals surface area contributed by atoms with E-state index in [1.165, 1.54) is 0 Å². The summed E-state index contributed by atoms with van der Waals surface area (Å²) in [5.41, 5.74) is 18.8. The maximum Gasteiger partial charge on any atom is 0.230 e. The molecular weight excluding hydrogens is 450 g/mol. The highest BCUT2D eigenvalue weighted by Crippen LogP contribution is 2.34. The zero-order valence-electron chi connectivity index (χ0n) is 19.7. The van der Waals surface area contributed by atoms with Gasteiger partial charge in [0.2, 0.25) is 5.95 Å². The molecule has 2 aromatic carbocycles. The fourth-order valence-electron chi connectivity index (χ4n) is 4.60. The fraction of sp³-hybridized carbons (Fsp3) is 0.185. The lowest BCUT2D eigenvalue weighted by Crippen LogP contribution is -2.40. The van der Waals surface area contributed by atoms with Crippen LogP contribution < -0.4 is 21.7 Å². The number of nitrogens with two attached hydrogens (primary N) is 2. The topological polar surface area (TPSA) is 135 Å². The number of para-hydroxylation sites is 1. The van der Waals surface area contributed by atoms with Crippen molar-refractivity contribution in [3.63, 3.8) is 0 Å². The Labute approximate surface area is 208 Å². The van der Waals surface area contributed by atoms with Crippen molar-refractivity contribution >= 4 is 34.3 Å². The van der Waals surface area contributed by atoms with Gasteiger partial charge in [-0.1, -0.05) is 42.5 Å². The maximum atomic E-state index is 6.54. The molecule has 0 aliphatic carbocycles. The average Bonchev–Trinajstić information content (AvgIpc) is 3.39. The highest BCUT2D eigenvalue weighted by atomic mass is 15.2. The number of imidazole rings is 1. The number of benzene rings is 2. The van der Waals surface area contributed by atoms with Crippen molar-refractivity contribution in [3.05, 3.63) is 73.2 Å².